The van der Waals surface area contributed by atoms with Gasteiger partial charge in [0.05, 0.1) is 21.3 Å². The molecule has 0 saturated heterocycles. The average molecular weight is 476 g/mol. The van der Waals surface area contributed by atoms with Gasteiger partial charge >= 0.3 is 11.9 Å². The van der Waals surface area contributed by atoms with E-state index in [4.69, 9.17) is 24.4 Å². The van der Waals surface area contributed by atoms with Crippen LogP contribution < -0.4 is 14.2 Å². The summed E-state index contributed by atoms with van der Waals surface area (Å²) >= 11 is 0. The number of ether oxygens (including phenoxy) is 3. The van der Waals surface area contributed by atoms with Gasteiger partial charge in [-0.1, -0.05) is 25.3 Å². The fourth-order valence-electron chi connectivity index (χ4n) is 2.16. The van der Waals surface area contributed by atoms with Gasteiger partial charge in [-0.25, -0.2) is 9.59 Å². The van der Waals surface area contributed by atoms with Crippen molar-refractivity contribution in [3.63, 3.8) is 0 Å². The average Bonchev–Trinajstić information content (AvgIpc) is 2.81. The van der Waals surface area contributed by atoms with Crippen LogP contribution in [0.2, 0.25) is 0 Å². The molecule has 34 heavy (non-hydrogen) atoms. The first-order chi connectivity index (χ1) is 15.9. The Balaban J connectivity index is 0.000000524. The minimum atomic E-state index is -1.07. The van der Waals surface area contributed by atoms with E-state index in [-0.39, 0.29) is 40.6 Å². The van der Waals surface area contributed by atoms with E-state index in [1.54, 1.807) is 18.2 Å². The Hall–Kier alpha value is -4.47. The van der Waals surface area contributed by atoms with Gasteiger partial charge < -0.3 is 34.6 Å². The number of aliphatic carboxylic acids is 2. The first-order valence-electron chi connectivity index (χ1n) is 9.48. The van der Waals surface area contributed by atoms with Gasteiger partial charge in [0.2, 0.25) is 5.75 Å². The molecule has 10 nitrogen and oxygen atoms in total. The van der Waals surface area contributed by atoms with Crippen LogP contribution in [-0.4, -0.2) is 60.0 Å². The molecule has 0 radical (unpaired) electrons. The van der Waals surface area contributed by atoms with Crippen molar-refractivity contribution < 1.29 is 49.0 Å². The molecule has 184 valence electrons. The summed E-state index contributed by atoms with van der Waals surface area (Å²) in [6.45, 7) is 8.00. The van der Waals surface area contributed by atoms with Gasteiger partial charge in [0.15, 0.2) is 23.0 Å². The van der Waals surface area contributed by atoms with Gasteiger partial charge in [-0.3, -0.25) is 4.79 Å². The highest BCUT2D eigenvalue weighted by molar-refractivity contribution is 5.86. The predicted octanol–water partition coefficient (Wildman–Crippen LogP) is 3.45. The first kappa shape index (κ1) is 29.5. The summed E-state index contributed by atoms with van der Waals surface area (Å²) < 4.78 is 14.6. The molecule has 4 N–H and O–H groups in total. The summed E-state index contributed by atoms with van der Waals surface area (Å²) in [7, 11) is 4.25. The van der Waals surface area contributed by atoms with Gasteiger partial charge in [0.25, 0.3) is 0 Å². The number of phenolic OH excluding ortho intramolecular Hbond substituents is 2. The van der Waals surface area contributed by atoms with Crippen molar-refractivity contribution in [1.29, 1.82) is 0 Å². The maximum absolute atomic E-state index is 10.6. The second-order valence-corrected chi connectivity index (χ2v) is 6.53. The van der Waals surface area contributed by atoms with Crippen LogP contribution in [-0.2, 0) is 16.0 Å². The lowest BCUT2D eigenvalue weighted by Gasteiger charge is -2.08. The minimum Gasteiger partial charge on any atom is -0.504 e. The highest BCUT2D eigenvalue weighted by Gasteiger charge is 2.12. The second kappa shape index (κ2) is 14.6. The van der Waals surface area contributed by atoms with E-state index in [2.05, 4.69) is 13.2 Å². The molecule has 10 heteroatoms. The zero-order valence-electron chi connectivity index (χ0n) is 19.3. The molecule has 0 atom stereocenters. The number of carboxylic acids is 2. The number of aromatic hydroxyl groups is 2. The number of aldehydes is 1. The van der Waals surface area contributed by atoms with Crippen molar-refractivity contribution in [2.24, 2.45) is 0 Å². The number of carbonyl (C=O) groups is 3. The third kappa shape index (κ3) is 9.35. The maximum atomic E-state index is 10.6. The molecule has 0 aliphatic carbocycles. The molecule has 0 aliphatic rings. The number of benzene rings is 2. The quantitative estimate of drug-likeness (QED) is 0.328. The van der Waals surface area contributed by atoms with Gasteiger partial charge in [-0.15, -0.1) is 0 Å². The Bertz CT molecular complexity index is 1000. The molecule has 0 unspecified atom stereocenters. The van der Waals surface area contributed by atoms with Gasteiger partial charge in [0, 0.05) is 28.7 Å². The fourth-order valence-corrected chi connectivity index (χ4v) is 2.16. The van der Waals surface area contributed by atoms with Crippen LogP contribution in [0.25, 0.3) is 0 Å². The third-order valence-electron chi connectivity index (χ3n) is 4.01. The summed E-state index contributed by atoms with van der Waals surface area (Å²) in [5, 5.41) is 35.6. The number of methoxy groups -OCH3 is 3. The molecule has 0 saturated carbocycles. The molecule has 2 rings (SSSR count). The number of carbonyl (C=O) groups excluding carboxylic acids is 1. The molecular weight excluding hydrogens is 448 g/mol. The molecule has 0 spiro atoms. The van der Waals surface area contributed by atoms with Crippen LogP contribution in [0.4, 0.5) is 0 Å². The Morgan fingerprint density at radius 2 is 1.35 bits per heavy atom. The van der Waals surface area contributed by atoms with Gasteiger partial charge in [-0.05, 0) is 25.1 Å². The van der Waals surface area contributed by atoms with E-state index in [0.717, 1.165) is 0 Å². The van der Waals surface area contributed by atoms with Gasteiger partial charge in [-0.2, -0.15) is 0 Å². The Morgan fingerprint density at radius 1 is 0.882 bits per heavy atom. The highest BCUT2D eigenvalue weighted by Crippen LogP contribution is 2.36. The monoisotopic (exact) mass is 476 g/mol. The number of hydrogen-bond acceptors (Lipinski definition) is 8. The van der Waals surface area contributed by atoms with Crippen molar-refractivity contribution >= 4 is 18.2 Å². The predicted molar refractivity (Wildman–Crippen MR) is 124 cm³/mol. The fraction of sp³-hybridized carbons (Fsp3) is 0.208. The van der Waals surface area contributed by atoms with E-state index >= 15 is 0 Å². The van der Waals surface area contributed by atoms with E-state index in [1.807, 2.05) is 0 Å². The lowest BCUT2D eigenvalue weighted by Crippen LogP contribution is -2.02. The molecule has 0 amide bonds. The van der Waals surface area contributed by atoms with Crippen LogP contribution in [0.3, 0.4) is 0 Å². The smallest absolute Gasteiger partial charge is 0.331 e. The Morgan fingerprint density at radius 3 is 1.71 bits per heavy atom. The van der Waals surface area contributed by atoms with Crippen molar-refractivity contribution in [1.82, 2.24) is 0 Å². The first-order valence-corrected chi connectivity index (χ1v) is 9.48. The van der Waals surface area contributed by atoms with E-state index in [9.17, 15) is 24.6 Å². The number of hydrogen-bond donors (Lipinski definition) is 4. The summed E-state index contributed by atoms with van der Waals surface area (Å²) in [6, 6.07) is 7.78. The lowest BCUT2D eigenvalue weighted by atomic mass is 10.1. The van der Waals surface area contributed by atoms with Crippen LogP contribution >= 0.6 is 0 Å². The van der Waals surface area contributed by atoms with Gasteiger partial charge in [0.1, 0.15) is 6.29 Å². The molecule has 2 aromatic rings. The lowest BCUT2D eigenvalue weighted by molar-refractivity contribution is -0.133. The standard InChI is InChI=1S/C11H12O4.C9H10O4.C4H6O2/c1-7(11(13)14)6-8-4-3-5-9(15-2)10(8)12;1-12-7-3-6(5-10)4-8(13-2)9(7)11;1-3(2)4(5)6/h3-5,12H,1,6H2,2H3,(H,13,14);3-5,11H,1-2H3;1H2,2H3,(H,5,6). The van der Waals surface area contributed by atoms with Crippen molar-refractivity contribution in [2.45, 2.75) is 13.3 Å². The van der Waals surface area contributed by atoms with E-state index in [0.29, 0.717) is 23.2 Å². The molecule has 0 heterocycles. The molecule has 0 bridgehead atoms. The van der Waals surface area contributed by atoms with E-state index < -0.39 is 11.9 Å². The summed E-state index contributed by atoms with van der Waals surface area (Å²) in [6.07, 6.45) is 0.753. The number of para-hydroxylation sites is 1. The Kier molecular flexibility index (Phi) is 12.7. The minimum absolute atomic E-state index is 0.0264. The van der Waals surface area contributed by atoms with Crippen LogP contribution in [0, 0.1) is 0 Å². The van der Waals surface area contributed by atoms with E-state index in [1.165, 1.54) is 40.4 Å². The molecule has 2 aromatic carbocycles. The zero-order valence-corrected chi connectivity index (χ0v) is 19.3. The summed E-state index contributed by atoms with van der Waals surface area (Å²) in [5.41, 5.74) is 1.09. The maximum Gasteiger partial charge on any atom is 0.331 e. The number of rotatable bonds is 8. The topological polar surface area (TPSA) is 160 Å². The third-order valence-corrected chi connectivity index (χ3v) is 4.01. The number of carboxylic acid groups (broad SMARTS) is 2. The molecular formula is C24H28O10. The molecule has 0 aliphatic heterocycles. The van der Waals surface area contributed by atoms with Crippen LogP contribution in [0.5, 0.6) is 28.7 Å². The Labute approximate surface area is 197 Å². The molecule has 0 fully saturated rings. The normalized spacial score (nSPS) is 9.18. The van der Waals surface area contributed by atoms with Crippen molar-refractivity contribution in [2.75, 3.05) is 21.3 Å². The van der Waals surface area contributed by atoms with Crippen LogP contribution in [0.1, 0.15) is 22.8 Å². The zero-order chi connectivity index (χ0) is 26.4. The highest BCUT2D eigenvalue weighted by atomic mass is 16.5. The number of phenols is 2. The second-order valence-electron chi connectivity index (χ2n) is 6.53. The molecule has 0 aromatic heterocycles. The van der Waals surface area contributed by atoms with Crippen molar-refractivity contribution in [3.05, 3.63) is 65.8 Å². The van der Waals surface area contributed by atoms with Crippen LogP contribution in [0.15, 0.2) is 54.6 Å². The summed E-state index contributed by atoms with van der Waals surface area (Å²) in [4.78, 5) is 30.6. The van der Waals surface area contributed by atoms with Crippen molar-refractivity contribution in [3.8, 4) is 28.7 Å². The SMILES string of the molecule is C=C(C)C(=O)O.C=C(Cc1cccc(OC)c1O)C(=O)O.COc1cc(C=O)cc(OC)c1O. The largest absolute Gasteiger partial charge is 0.504 e. The summed E-state index contributed by atoms with van der Waals surface area (Å²) in [5.74, 6) is -1.38.